The minimum atomic E-state index is -0.560. The normalized spacial score (nSPS) is 18.0. The van der Waals surface area contributed by atoms with Crippen LogP contribution in [0.25, 0.3) is 22.8 Å². The third kappa shape index (κ3) is 5.14. The maximum atomic E-state index is 14.0. The summed E-state index contributed by atoms with van der Waals surface area (Å²) >= 11 is 0. The van der Waals surface area contributed by atoms with E-state index in [1.165, 1.54) is 23.3 Å². The molecule has 0 radical (unpaired) electrons. The molecular weight excluding hydrogens is 447 g/mol. The van der Waals surface area contributed by atoms with E-state index >= 15 is 0 Å². The van der Waals surface area contributed by atoms with Crippen molar-refractivity contribution in [2.24, 2.45) is 5.41 Å². The number of halogens is 1. The number of allylic oxidation sites excluding steroid dienone is 4. The molecule has 1 aliphatic rings. The monoisotopic (exact) mass is 480 g/mol. The zero-order valence-corrected chi connectivity index (χ0v) is 22.1. The highest BCUT2D eigenvalue weighted by molar-refractivity contribution is 5.63. The van der Waals surface area contributed by atoms with Gasteiger partial charge in [-0.1, -0.05) is 84.0 Å². The Hall–Kier alpha value is -3.65. The summed E-state index contributed by atoms with van der Waals surface area (Å²) < 4.78 is 14.0. The summed E-state index contributed by atoms with van der Waals surface area (Å²) in [6, 6.07) is 14.6. The van der Waals surface area contributed by atoms with Gasteiger partial charge in [0.1, 0.15) is 17.7 Å². The zero-order chi connectivity index (χ0) is 26.3. The molecule has 36 heavy (non-hydrogen) atoms. The van der Waals surface area contributed by atoms with Crippen LogP contribution in [-0.4, -0.2) is 15.0 Å². The predicted molar refractivity (Wildman–Crippen MR) is 143 cm³/mol. The molecule has 3 aromatic rings. The first-order valence-electron chi connectivity index (χ1n) is 12.3. The predicted octanol–water partition coefficient (Wildman–Crippen LogP) is 7.70. The van der Waals surface area contributed by atoms with Gasteiger partial charge in [0.05, 0.1) is 5.56 Å². The lowest BCUT2D eigenvalue weighted by molar-refractivity contribution is 0.489. The summed E-state index contributed by atoms with van der Waals surface area (Å²) in [5, 5.41) is 9.35. The Morgan fingerprint density at radius 3 is 2.00 bits per heavy atom. The molecule has 4 rings (SSSR count). The van der Waals surface area contributed by atoms with Gasteiger partial charge in [0.15, 0.2) is 11.6 Å². The first-order chi connectivity index (χ1) is 16.8. The second kappa shape index (κ2) is 9.09. The number of nitrogens with zero attached hydrogens (tertiary/aromatic N) is 4. The van der Waals surface area contributed by atoms with Crippen LogP contribution in [0.3, 0.4) is 0 Å². The summed E-state index contributed by atoms with van der Waals surface area (Å²) in [5.41, 5.74) is 3.60. The van der Waals surface area contributed by atoms with Gasteiger partial charge in [-0.15, -0.1) is 0 Å². The van der Waals surface area contributed by atoms with E-state index in [0.717, 1.165) is 12.0 Å². The van der Waals surface area contributed by atoms with Crippen molar-refractivity contribution >= 4 is 0 Å². The molecule has 0 fully saturated rings. The van der Waals surface area contributed by atoms with E-state index in [4.69, 9.17) is 15.0 Å². The topological polar surface area (TPSA) is 62.5 Å². The van der Waals surface area contributed by atoms with Crippen molar-refractivity contribution < 1.29 is 4.39 Å². The summed E-state index contributed by atoms with van der Waals surface area (Å²) in [6.45, 7) is 15.3. The summed E-state index contributed by atoms with van der Waals surface area (Å²) in [5.74, 6) is 1.06. The highest BCUT2D eigenvalue weighted by atomic mass is 19.1. The lowest BCUT2D eigenvalue weighted by Gasteiger charge is -2.31. The molecule has 0 saturated carbocycles. The molecule has 0 spiro atoms. The molecule has 0 saturated heterocycles. The third-order valence-corrected chi connectivity index (χ3v) is 6.74. The van der Waals surface area contributed by atoms with Crippen LogP contribution in [0, 0.1) is 22.6 Å². The molecule has 5 heteroatoms. The van der Waals surface area contributed by atoms with Gasteiger partial charge >= 0.3 is 0 Å². The number of benzene rings is 2. The fraction of sp³-hybridized carbons (Fsp3) is 0.355. The van der Waals surface area contributed by atoms with Crippen molar-refractivity contribution in [3.05, 3.63) is 89.0 Å². The van der Waals surface area contributed by atoms with Gasteiger partial charge in [0.25, 0.3) is 0 Å². The first kappa shape index (κ1) is 25.4. The molecular formula is C31H33FN4. The average Bonchev–Trinajstić information content (AvgIpc) is 2.83. The van der Waals surface area contributed by atoms with Crippen LogP contribution in [-0.2, 0) is 10.8 Å². The Kier molecular flexibility index (Phi) is 6.43. The van der Waals surface area contributed by atoms with Crippen LogP contribution in [0.2, 0.25) is 0 Å². The summed E-state index contributed by atoms with van der Waals surface area (Å²) in [4.78, 5) is 14.5. The quantitative estimate of drug-likeness (QED) is 0.385. The van der Waals surface area contributed by atoms with Crippen LogP contribution in [0.1, 0.15) is 71.8 Å². The van der Waals surface area contributed by atoms with Crippen molar-refractivity contribution in [2.45, 2.75) is 65.7 Å². The number of rotatable bonds is 3. The second-order valence-electron chi connectivity index (χ2n) is 11.8. The lowest BCUT2D eigenvalue weighted by atomic mass is 9.75. The molecule has 0 N–H and O–H groups in total. The van der Waals surface area contributed by atoms with E-state index in [-0.39, 0.29) is 16.4 Å². The maximum absolute atomic E-state index is 14.0. The molecule has 1 heterocycles. The first-order valence-corrected chi connectivity index (χ1v) is 12.3. The maximum Gasteiger partial charge on any atom is 0.163 e. The summed E-state index contributed by atoms with van der Waals surface area (Å²) in [7, 11) is 0. The standard InChI is InChI=1S/C31H33FN4/c1-29(2,3)23-11-8-20(9-12-23)26-34-27(21-10-13-25(32)22(18-21)19-33)36-28(35-26)31(7)16-14-24(15-17-31)30(4,5)6/h8-16,18H,17H2,1-7H3. The highest BCUT2D eigenvalue weighted by Gasteiger charge is 2.31. The molecule has 184 valence electrons. The molecule has 0 aliphatic heterocycles. The highest BCUT2D eigenvalue weighted by Crippen LogP contribution is 2.38. The molecule has 4 nitrogen and oxygen atoms in total. The molecule has 1 aromatic heterocycles. The van der Waals surface area contributed by atoms with Crippen molar-refractivity contribution in [3.8, 4) is 28.8 Å². The van der Waals surface area contributed by atoms with Gasteiger partial charge in [-0.3, -0.25) is 0 Å². The molecule has 1 unspecified atom stereocenters. The largest absolute Gasteiger partial charge is 0.212 e. The number of hydrogen-bond acceptors (Lipinski definition) is 4. The molecule has 0 amide bonds. The number of hydrogen-bond donors (Lipinski definition) is 0. The smallest absolute Gasteiger partial charge is 0.163 e. The van der Waals surface area contributed by atoms with Crippen molar-refractivity contribution in [1.82, 2.24) is 15.0 Å². The fourth-order valence-electron chi connectivity index (χ4n) is 4.21. The van der Waals surface area contributed by atoms with Gasteiger partial charge in [-0.2, -0.15) is 5.26 Å². The van der Waals surface area contributed by atoms with E-state index in [9.17, 15) is 9.65 Å². The minimum Gasteiger partial charge on any atom is -0.212 e. The Labute approximate surface area is 213 Å². The van der Waals surface area contributed by atoms with Crippen LogP contribution in [0.15, 0.2) is 66.3 Å². The molecule has 1 atom stereocenters. The van der Waals surface area contributed by atoms with Gasteiger partial charge in [0.2, 0.25) is 0 Å². The zero-order valence-electron chi connectivity index (χ0n) is 22.1. The fourth-order valence-corrected chi connectivity index (χ4v) is 4.21. The van der Waals surface area contributed by atoms with E-state index in [0.29, 0.717) is 23.0 Å². The lowest BCUT2D eigenvalue weighted by Crippen LogP contribution is -2.26. The Morgan fingerprint density at radius 2 is 1.47 bits per heavy atom. The van der Waals surface area contributed by atoms with E-state index in [1.54, 1.807) is 6.07 Å². The average molecular weight is 481 g/mol. The summed E-state index contributed by atoms with van der Waals surface area (Å²) in [6.07, 6.45) is 7.35. The van der Waals surface area contributed by atoms with Gasteiger partial charge < -0.3 is 0 Å². The Morgan fingerprint density at radius 1 is 0.861 bits per heavy atom. The molecule has 1 aliphatic carbocycles. The Balaban J connectivity index is 1.85. The van der Waals surface area contributed by atoms with Gasteiger partial charge in [-0.25, -0.2) is 19.3 Å². The third-order valence-electron chi connectivity index (χ3n) is 6.74. The van der Waals surface area contributed by atoms with E-state index in [2.05, 4.69) is 78.8 Å². The van der Waals surface area contributed by atoms with E-state index < -0.39 is 11.2 Å². The van der Waals surface area contributed by atoms with Crippen molar-refractivity contribution in [2.75, 3.05) is 0 Å². The molecule has 2 aromatic carbocycles. The van der Waals surface area contributed by atoms with Crippen molar-refractivity contribution in [3.63, 3.8) is 0 Å². The van der Waals surface area contributed by atoms with Crippen LogP contribution in [0.5, 0.6) is 0 Å². The second-order valence-corrected chi connectivity index (χ2v) is 11.8. The number of aromatic nitrogens is 3. The SMILES string of the molecule is CC(C)(C)C1=CCC(C)(c2nc(-c3ccc(C(C)(C)C)cc3)nc(-c3ccc(F)c(C#N)c3)n2)C=C1. The van der Waals surface area contributed by atoms with Crippen molar-refractivity contribution in [1.29, 1.82) is 5.26 Å². The van der Waals surface area contributed by atoms with Gasteiger partial charge in [0, 0.05) is 16.5 Å². The van der Waals surface area contributed by atoms with Gasteiger partial charge in [-0.05, 0) is 53.5 Å². The minimum absolute atomic E-state index is 0.0349. The van der Waals surface area contributed by atoms with E-state index in [1.807, 2.05) is 18.2 Å². The number of nitriles is 1. The Bertz CT molecular complexity index is 1400. The van der Waals surface area contributed by atoms with Crippen LogP contribution >= 0.6 is 0 Å². The van der Waals surface area contributed by atoms with Crippen LogP contribution < -0.4 is 0 Å². The van der Waals surface area contributed by atoms with Crippen LogP contribution in [0.4, 0.5) is 4.39 Å². The molecule has 0 bridgehead atoms.